The monoisotopic (exact) mass is 619 g/mol. The van der Waals surface area contributed by atoms with Gasteiger partial charge in [0.05, 0.1) is 17.5 Å². The Balaban J connectivity index is 0.000000164. The van der Waals surface area contributed by atoms with Crippen molar-refractivity contribution in [3.8, 4) is 22.5 Å². The Morgan fingerprint density at radius 1 is 0.794 bits per heavy atom. The summed E-state index contributed by atoms with van der Waals surface area (Å²) in [5, 5.41) is 2.23. The van der Waals surface area contributed by atoms with Crippen LogP contribution < -0.4 is 4.57 Å². The molecule has 4 heteroatoms. The van der Waals surface area contributed by atoms with Crippen molar-refractivity contribution in [1.29, 1.82) is 0 Å². The quantitative estimate of drug-likeness (QED) is 0.156. The van der Waals surface area contributed by atoms with Crippen LogP contribution in [-0.4, -0.2) is 4.98 Å². The second-order valence-electron chi connectivity index (χ2n) is 7.62. The molecule has 3 aromatic carbocycles. The molecule has 0 radical (unpaired) electrons. The Morgan fingerprint density at radius 2 is 1.56 bits per heavy atom. The van der Waals surface area contributed by atoms with Gasteiger partial charge in [0.1, 0.15) is 5.58 Å². The minimum atomic E-state index is 0. The van der Waals surface area contributed by atoms with Gasteiger partial charge in [0, 0.05) is 18.6 Å². The normalized spacial score (nSPS) is 10.4. The Bertz CT molecular complexity index is 1500. The van der Waals surface area contributed by atoms with Gasteiger partial charge in [-0.25, -0.2) is 0 Å². The maximum absolute atomic E-state index is 5.97. The Morgan fingerprint density at radius 3 is 2.35 bits per heavy atom. The van der Waals surface area contributed by atoms with E-state index >= 15 is 0 Å². The van der Waals surface area contributed by atoms with Gasteiger partial charge in [0.2, 0.25) is 0 Å². The van der Waals surface area contributed by atoms with Crippen LogP contribution in [0.1, 0.15) is 5.56 Å². The topological polar surface area (TPSA) is 29.9 Å². The minimum absolute atomic E-state index is 0. The van der Waals surface area contributed by atoms with Gasteiger partial charge in [0.25, 0.3) is 0 Å². The van der Waals surface area contributed by atoms with Crippen LogP contribution in [0, 0.1) is 20.0 Å². The number of hydrogen-bond donors (Lipinski definition) is 0. The molecule has 0 spiro atoms. The third-order valence-corrected chi connectivity index (χ3v) is 5.49. The van der Waals surface area contributed by atoms with Crippen LogP contribution in [0.3, 0.4) is 0 Å². The molecular weight excluding hydrogens is 597 g/mol. The van der Waals surface area contributed by atoms with E-state index in [4.69, 9.17) is 4.42 Å². The van der Waals surface area contributed by atoms with Gasteiger partial charge in [-0.05, 0) is 17.8 Å². The van der Waals surface area contributed by atoms with Crippen LogP contribution in [0.15, 0.2) is 114 Å². The van der Waals surface area contributed by atoms with Crippen LogP contribution in [-0.2, 0) is 20.1 Å². The predicted molar refractivity (Wildman–Crippen MR) is 133 cm³/mol. The first kappa shape index (κ1) is 23.3. The second-order valence-corrected chi connectivity index (χ2v) is 7.62. The molecule has 6 rings (SSSR count). The van der Waals surface area contributed by atoms with E-state index in [1.807, 2.05) is 95.7 Å². The standard InChI is InChI=1S/C17H10NO.C13H12N.Ir/c1-2-10-16-12(6-1)13-7-5-8-14(17(13)19-16)15-9-3-4-11-18-15;1-11-7-3-4-8-12(11)13-9-5-6-10-14(13)2;/h1-7,9-11H;3-10H,1-2H2;/q2*-1;+3. The molecule has 0 aliphatic heterocycles. The third kappa shape index (κ3) is 4.60. The fourth-order valence-electron chi connectivity index (χ4n) is 3.88. The van der Waals surface area contributed by atoms with Crippen molar-refractivity contribution in [1.82, 2.24) is 4.98 Å². The zero-order valence-electron chi connectivity index (χ0n) is 18.4. The summed E-state index contributed by atoms with van der Waals surface area (Å²) < 4.78 is 7.82. The first-order valence-corrected chi connectivity index (χ1v) is 10.7. The molecule has 0 bridgehead atoms. The number of pyridine rings is 2. The average Bonchev–Trinajstić information content (AvgIpc) is 3.25. The van der Waals surface area contributed by atoms with E-state index in [0.717, 1.165) is 50.0 Å². The molecular formula is C30H22IrN2O+. The van der Waals surface area contributed by atoms with Gasteiger partial charge in [-0.15, -0.1) is 35.9 Å². The Kier molecular flexibility index (Phi) is 7.12. The second kappa shape index (κ2) is 10.4. The summed E-state index contributed by atoms with van der Waals surface area (Å²) >= 11 is 0. The van der Waals surface area contributed by atoms with Gasteiger partial charge in [0.15, 0.2) is 0 Å². The van der Waals surface area contributed by atoms with Crippen molar-refractivity contribution in [2.45, 2.75) is 0 Å². The third-order valence-electron chi connectivity index (χ3n) is 5.49. The summed E-state index contributed by atoms with van der Waals surface area (Å²) in [6.45, 7) is 4.00. The molecule has 0 fully saturated rings. The largest absolute Gasteiger partial charge is 3.00 e. The average molecular weight is 619 g/mol. The maximum atomic E-state index is 5.97. The first-order chi connectivity index (χ1) is 16.2. The summed E-state index contributed by atoms with van der Waals surface area (Å²) in [6, 6.07) is 35.2. The van der Waals surface area contributed by atoms with Crippen molar-refractivity contribution in [3.63, 3.8) is 0 Å². The van der Waals surface area contributed by atoms with Crippen LogP contribution in [0.25, 0.3) is 44.5 Å². The summed E-state index contributed by atoms with van der Waals surface area (Å²) in [7, 11) is 3.93. The SMILES string of the molecule is [CH2-]c1ccccc1-c1cccc[n+]1[CH2-].[Ir+3].[c-]1ccc2c(oc3ccccc32)c1-c1ccccn1. The van der Waals surface area contributed by atoms with Gasteiger partial charge in [-0.2, -0.15) is 18.6 Å². The van der Waals surface area contributed by atoms with Crippen LogP contribution >= 0.6 is 0 Å². The van der Waals surface area contributed by atoms with E-state index in [1.165, 1.54) is 0 Å². The molecule has 0 saturated carbocycles. The fourth-order valence-corrected chi connectivity index (χ4v) is 3.88. The number of furan rings is 1. The predicted octanol–water partition coefficient (Wildman–Crippen LogP) is 6.91. The maximum Gasteiger partial charge on any atom is 3.00 e. The molecule has 0 saturated heterocycles. The molecule has 0 N–H and O–H groups in total. The van der Waals surface area contributed by atoms with Crippen molar-refractivity contribution < 1.29 is 29.1 Å². The molecule has 3 heterocycles. The number of fused-ring (bicyclic) bond motifs is 3. The molecule has 3 aromatic heterocycles. The molecule has 6 aromatic rings. The van der Waals surface area contributed by atoms with E-state index in [1.54, 1.807) is 6.20 Å². The Hall–Kier alpha value is -3.85. The number of para-hydroxylation sites is 1. The molecule has 0 atom stereocenters. The number of rotatable bonds is 2. The molecule has 0 unspecified atom stereocenters. The number of aromatic nitrogens is 2. The molecule has 3 nitrogen and oxygen atoms in total. The summed E-state index contributed by atoms with van der Waals surface area (Å²) in [5.74, 6) is 0. The van der Waals surface area contributed by atoms with Gasteiger partial charge in [-0.1, -0.05) is 65.5 Å². The first-order valence-electron chi connectivity index (χ1n) is 10.7. The Labute approximate surface area is 213 Å². The van der Waals surface area contributed by atoms with Crippen LogP contribution in [0.5, 0.6) is 0 Å². The zero-order chi connectivity index (χ0) is 22.6. The number of benzene rings is 3. The van der Waals surface area contributed by atoms with E-state index in [2.05, 4.69) is 37.2 Å². The number of hydrogen-bond acceptors (Lipinski definition) is 2. The number of nitrogens with zero attached hydrogens (tertiary/aromatic N) is 2. The summed E-state index contributed by atoms with van der Waals surface area (Å²) in [6.07, 6.45) is 3.71. The van der Waals surface area contributed by atoms with Crippen molar-refractivity contribution in [2.24, 2.45) is 0 Å². The van der Waals surface area contributed by atoms with Crippen LogP contribution in [0.2, 0.25) is 0 Å². The van der Waals surface area contributed by atoms with E-state index in [9.17, 15) is 0 Å². The van der Waals surface area contributed by atoms with Crippen molar-refractivity contribution >= 4 is 21.9 Å². The van der Waals surface area contributed by atoms with Crippen molar-refractivity contribution in [2.75, 3.05) is 0 Å². The van der Waals surface area contributed by atoms with Crippen LogP contribution in [0.4, 0.5) is 0 Å². The zero-order valence-corrected chi connectivity index (χ0v) is 20.8. The molecule has 0 aliphatic rings. The van der Waals surface area contributed by atoms with E-state index in [-0.39, 0.29) is 20.1 Å². The summed E-state index contributed by atoms with van der Waals surface area (Å²) in [4.78, 5) is 4.38. The molecule has 0 aliphatic carbocycles. The molecule has 166 valence electrons. The smallest absolute Gasteiger partial charge is 0.501 e. The summed E-state index contributed by atoms with van der Waals surface area (Å²) in [5.41, 5.74) is 6.77. The fraction of sp³-hybridized carbons (Fsp3) is 0. The van der Waals surface area contributed by atoms with E-state index < -0.39 is 0 Å². The molecule has 34 heavy (non-hydrogen) atoms. The van der Waals surface area contributed by atoms with Gasteiger partial charge >= 0.3 is 20.1 Å². The minimum Gasteiger partial charge on any atom is -0.501 e. The van der Waals surface area contributed by atoms with E-state index in [0.29, 0.717) is 0 Å². The van der Waals surface area contributed by atoms with Gasteiger partial charge < -0.3 is 14.0 Å². The van der Waals surface area contributed by atoms with Crippen molar-refractivity contribution in [3.05, 3.63) is 135 Å². The molecule has 0 amide bonds. The van der Waals surface area contributed by atoms with Gasteiger partial charge in [-0.3, -0.25) is 0 Å².